The molecule has 5 rings (SSSR count). The van der Waals surface area contributed by atoms with Crippen LogP contribution in [0.1, 0.15) is 74.4 Å². The molecule has 0 aromatic carbocycles. The number of hydrogen-bond acceptors (Lipinski definition) is 6. The minimum atomic E-state index is -0.854. The highest BCUT2D eigenvalue weighted by Gasteiger charge is 2.48. The van der Waals surface area contributed by atoms with Crippen LogP contribution in [0, 0.1) is 37.5 Å². The Labute approximate surface area is 272 Å². The third-order valence-corrected chi connectivity index (χ3v) is 11.6. The molecule has 0 spiro atoms. The number of aryl methyl sites for hydroxylation is 1. The molecule has 13 heteroatoms. The van der Waals surface area contributed by atoms with Crippen LogP contribution in [-0.4, -0.2) is 72.9 Å². The number of carbonyl (C=O) groups excluding carboxylic acids is 2. The van der Waals surface area contributed by atoms with Gasteiger partial charge in [-0.15, -0.1) is 0 Å². The van der Waals surface area contributed by atoms with Crippen LogP contribution in [0.25, 0.3) is 11.1 Å². The van der Waals surface area contributed by atoms with Gasteiger partial charge in [-0.1, -0.05) is 0 Å². The summed E-state index contributed by atoms with van der Waals surface area (Å²) in [6, 6.07) is 3.20. The van der Waals surface area contributed by atoms with E-state index < -0.39 is 36.5 Å². The van der Waals surface area contributed by atoms with E-state index >= 15 is 4.39 Å². The molecule has 0 saturated heterocycles. The Kier molecular flexibility index (Phi) is 10.8. The Morgan fingerprint density at radius 3 is 2.41 bits per heavy atom. The summed E-state index contributed by atoms with van der Waals surface area (Å²) < 4.78 is 37.9. The summed E-state index contributed by atoms with van der Waals surface area (Å²) in [6.07, 6.45) is 7.66. The van der Waals surface area contributed by atoms with E-state index in [2.05, 4.69) is 45.9 Å². The van der Waals surface area contributed by atoms with Gasteiger partial charge in [0.15, 0.2) is 0 Å². The summed E-state index contributed by atoms with van der Waals surface area (Å²) in [5, 5.41) is 15.0. The zero-order valence-electron chi connectivity index (χ0n) is 27.6. The average Bonchev–Trinajstić information content (AvgIpc) is 3.96. The van der Waals surface area contributed by atoms with Gasteiger partial charge in [-0.3, -0.25) is 14.3 Å². The van der Waals surface area contributed by atoms with Gasteiger partial charge in [-0.25, -0.2) is 14.1 Å². The first-order chi connectivity index (χ1) is 22.0. The number of halogens is 2. The Hall–Kier alpha value is -3.32. The number of nitrogens with zero attached hydrogens (tertiary/aromatic N) is 5. The van der Waals surface area contributed by atoms with Crippen molar-refractivity contribution in [3.63, 3.8) is 0 Å². The predicted octanol–water partition coefficient (Wildman–Crippen LogP) is 5.23. The van der Waals surface area contributed by atoms with Crippen LogP contribution in [0.2, 0.25) is 0 Å². The molecule has 3 atom stereocenters. The van der Waals surface area contributed by atoms with Gasteiger partial charge < -0.3 is 15.4 Å². The normalized spacial score (nSPS) is 16.9. The standard InChI is InChI=1S/C33H45F2N7O3S/c1-19(2)46(6)16-15-45-18-41-22(5)28(21(4)40-41)25-11-12-27(37-31(25)35)38-33(44)30(29(23-7-8-23)24-9-10-24)39-32(43)26-13-14-36-42(26)20(3)17-34/h11-14,19-20,23-24,29-30H,7-10,15-18H2,1-6H3,(H-,37,38,39,43,44)/p+1/t20?,30-,46?/m0/s1. The number of ether oxygens (including phenoxy) is 1. The van der Waals surface area contributed by atoms with Crippen molar-refractivity contribution >= 4 is 28.5 Å². The Balaban J connectivity index is 1.30. The number of rotatable bonds is 16. The molecule has 2 saturated carbocycles. The number of aromatic nitrogens is 5. The lowest BCUT2D eigenvalue weighted by Crippen LogP contribution is -2.50. The van der Waals surface area contributed by atoms with Crippen LogP contribution in [0.3, 0.4) is 0 Å². The average molecular weight is 659 g/mol. The van der Waals surface area contributed by atoms with Crippen LogP contribution in [0.4, 0.5) is 14.6 Å². The van der Waals surface area contributed by atoms with Gasteiger partial charge in [0, 0.05) is 23.0 Å². The first-order valence-electron chi connectivity index (χ1n) is 16.1. The summed E-state index contributed by atoms with van der Waals surface area (Å²) in [6.45, 7) is 9.95. The van der Waals surface area contributed by atoms with E-state index in [0.717, 1.165) is 37.1 Å². The maximum Gasteiger partial charge on any atom is 0.270 e. The second kappa shape index (κ2) is 14.6. The summed E-state index contributed by atoms with van der Waals surface area (Å²) >= 11 is 0. The zero-order chi connectivity index (χ0) is 33.1. The van der Waals surface area contributed by atoms with E-state index in [4.69, 9.17) is 4.74 Å². The molecule has 250 valence electrons. The fourth-order valence-corrected chi connectivity index (χ4v) is 6.89. The third-order valence-electron chi connectivity index (χ3n) is 9.15. The molecule has 0 bridgehead atoms. The molecule has 2 aliphatic rings. The monoisotopic (exact) mass is 658 g/mol. The van der Waals surface area contributed by atoms with Crippen LogP contribution >= 0.6 is 0 Å². The van der Waals surface area contributed by atoms with E-state index in [0.29, 0.717) is 35.0 Å². The van der Waals surface area contributed by atoms with Gasteiger partial charge in [-0.05, 0) is 107 Å². The molecule has 2 N–H and O–H groups in total. The third kappa shape index (κ3) is 7.79. The summed E-state index contributed by atoms with van der Waals surface area (Å²) in [4.78, 5) is 31.3. The first kappa shape index (κ1) is 34.0. The van der Waals surface area contributed by atoms with Gasteiger partial charge in [0.2, 0.25) is 11.9 Å². The van der Waals surface area contributed by atoms with Crippen molar-refractivity contribution < 1.29 is 23.1 Å². The maximum atomic E-state index is 15.6. The lowest BCUT2D eigenvalue weighted by Gasteiger charge is -2.27. The summed E-state index contributed by atoms with van der Waals surface area (Å²) in [5.41, 5.74) is 2.51. The van der Waals surface area contributed by atoms with E-state index in [1.54, 1.807) is 23.7 Å². The Bertz CT molecular complexity index is 1520. The summed E-state index contributed by atoms with van der Waals surface area (Å²) in [5.74, 6) is -0.0422. The van der Waals surface area contributed by atoms with Gasteiger partial charge in [0.25, 0.3) is 5.91 Å². The molecule has 2 amide bonds. The number of hydrogen-bond donors (Lipinski definition) is 2. The molecule has 3 aromatic heterocycles. The minimum Gasteiger partial charge on any atom is -0.354 e. The van der Waals surface area contributed by atoms with Crippen molar-refractivity contribution in [3.05, 3.63) is 47.4 Å². The second-order valence-electron chi connectivity index (χ2n) is 12.9. The smallest absolute Gasteiger partial charge is 0.270 e. The lowest BCUT2D eigenvalue weighted by atomic mass is 9.88. The van der Waals surface area contributed by atoms with Crippen molar-refractivity contribution in [2.45, 2.75) is 84.4 Å². The Morgan fingerprint density at radius 1 is 1.11 bits per heavy atom. The van der Waals surface area contributed by atoms with Crippen LogP contribution in [0.15, 0.2) is 24.4 Å². The molecule has 0 radical (unpaired) electrons. The van der Waals surface area contributed by atoms with Gasteiger partial charge in [0.1, 0.15) is 42.0 Å². The van der Waals surface area contributed by atoms with Crippen molar-refractivity contribution in [1.82, 2.24) is 29.9 Å². The predicted molar refractivity (Wildman–Crippen MR) is 176 cm³/mol. The van der Waals surface area contributed by atoms with Gasteiger partial charge in [-0.2, -0.15) is 14.6 Å². The SMILES string of the molecule is Cc1nn(COCC[S+](C)C(C)C)c(C)c1-c1ccc(NC(=O)[C@@H](NC(=O)c2ccnn2C(C)CF)C(C2CC2)C2CC2)nc1F. The number of carbonyl (C=O) groups is 2. The number of alkyl halides is 1. The zero-order valence-corrected chi connectivity index (χ0v) is 28.4. The maximum absolute atomic E-state index is 15.6. The van der Waals surface area contributed by atoms with Crippen molar-refractivity contribution in [3.8, 4) is 11.1 Å². The number of nitrogens with one attached hydrogen (secondary N) is 2. The fourth-order valence-electron chi connectivity index (χ4n) is 6.04. The second-order valence-corrected chi connectivity index (χ2v) is 15.7. The summed E-state index contributed by atoms with van der Waals surface area (Å²) in [7, 11) is 0.279. The van der Waals surface area contributed by atoms with Gasteiger partial charge in [0.05, 0.1) is 24.6 Å². The molecular weight excluding hydrogens is 612 g/mol. The molecule has 0 aliphatic heterocycles. The van der Waals surface area contributed by atoms with E-state index in [-0.39, 0.29) is 40.6 Å². The van der Waals surface area contributed by atoms with Crippen LogP contribution in [0.5, 0.6) is 0 Å². The largest absolute Gasteiger partial charge is 0.354 e. The highest BCUT2D eigenvalue weighted by molar-refractivity contribution is 7.96. The molecule has 2 fully saturated rings. The van der Waals surface area contributed by atoms with E-state index in [9.17, 15) is 14.0 Å². The number of anilines is 1. The topological polar surface area (TPSA) is 116 Å². The fraction of sp³-hybridized carbons (Fsp3) is 0.606. The van der Waals surface area contributed by atoms with Gasteiger partial charge >= 0.3 is 0 Å². The molecule has 3 heterocycles. The molecule has 3 aromatic rings. The molecule has 2 aliphatic carbocycles. The van der Waals surface area contributed by atoms with Crippen LogP contribution < -0.4 is 10.6 Å². The van der Waals surface area contributed by atoms with Crippen LogP contribution in [-0.2, 0) is 27.2 Å². The van der Waals surface area contributed by atoms with E-state index in [1.807, 2.05) is 13.8 Å². The lowest BCUT2D eigenvalue weighted by molar-refractivity contribution is -0.119. The van der Waals surface area contributed by atoms with E-state index in [1.165, 1.54) is 16.9 Å². The van der Waals surface area contributed by atoms with Crippen molar-refractivity contribution in [2.24, 2.45) is 17.8 Å². The highest BCUT2D eigenvalue weighted by Crippen LogP contribution is 2.51. The highest BCUT2D eigenvalue weighted by atomic mass is 32.2. The molecule has 46 heavy (non-hydrogen) atoms. The molecule has 2 unspecified atom stereocenters. The molecular formula is C33H46F2N7O3S+. The Morgan fingerprint density at radius 2 is 1.80 bits per heavy atom. The quantitative estimate of drug-likeness (QED) is 0.124. The van der Waals surface area contributed by atoms with Crippen molar-refractivity contribution in [2.75, 3.05) is 30.6 Å². The molecule has 10 nitrogen and oxygen atoms in total. The minimum absolute atomic E-state index is 0.0459. The number of amides is 2. The number of pyridine rings is 1. The van der Waals surface area contributed by atoms with Crippen molar-refractivity contribution in [1.29, 1.82) is 0 Å². The first-order valence-corrected chi connectivity index (χ1v) is 18.0.